The van der Waals surface area contributed by atoms with Crippen molar-refractivity contribution >= 4 is 5.97 Å². The van der Waals surface area contributed by atoms with Crippen molar-refractivity contribution in [3.63, 3.8) is 0 Å². The first kappa shape index (κ1) is 19.6. The van der Waals surface area contributed by atoms with E-state index < -0.39 is 11.6 Å². The van der Waals surface area contributed by atoms with E-state index in [4.69, 9.17) is 4.74 Å². The normalized spacial score (nSPS) is 18.2. The number of benzene rings is 2. The Hall–Kier alpha value is -2.17. The van der Waals surface area contributed by atoms with Crippen LogP contribution < -0.4 is 0 Å². The molecule has 1 unspecified atom stereocenters. The van der Waals surface area contributed by atoms with Gasteiger partial charge < -0.3 is 14.7 Å². The van der Waals surface area contributed by atoms with Crippen molar-refractivity contribution in [3.8, 4) is 0 Å². The second kappa shape index (κ2) is 9.16. The molecule has 0 amide bonds. The summed E-state index contributed by atoms with van der Waals surface area (Å²) in [5.41, 5.74) is -0.738. The topological polar surface area (TPSA) is 49.8 Å². The second-order valence-electron chi connectivity index (χ2n) is 7.49. The Morgan fingerprint density at radius 3 is 2.26 bits per heavy atom. The lowest BCUT2D eigenvalue weighted by Crippen LogP contribution is -2.38. The van der Waals surface area contributed by atoms with Crippen molar-refractivity contribution in [2.75, 3.05) is 26.7 Å². The van der Waals surface area contributed by atoms with Crippen molar-refractivity contribution < 1.29 is 14.6 Å². The summed E-state index contributed by atoms with van der Waals surface area (Å²) in [5.74, 6) is 0.0604. The molecule has 4 heteroatoms. The van der Waals surface area contributed by atoms with Gasteiger partial charge in [0, 0.05) is 6.54 Å². The number of esters is 1. The van der Waals surface area contributed by atoms with Gasteiger partial charge in [0.25, 0.3) is 0 Å². The average Bonchev–Trinajstić information content (AvgIpc) is 2.72. The minimum Gasteiger partial charge on any atom is -0.463 e. The van der Waals surface area contributed by atoms with Gasteiger partial charge in [-0.25, -0.2) is 4.79 Å². The molecule has 0 aromatic heterocycles. The second-order valence-corrected chi connectivity index (χ2v) is 7.49. The first-order valence-electron chi connectivity index (χ1n) is 9.80. The summed E-state index contributed by atoms with van der Waals surface area (Å²) < 4.78 is 5.53. The lowest BCUT2D eigenvalue weighted by atomic mass is 9.86. The number of ether oxygens (including phenoxy) is 1. The summed E-state index contributed by atoms with van der Waals surface area (Å²) in [5, 5.41) is 11.3. The number of hydrogen-bond donors (Lipinski definition) is 1. The molecule has 27 heavy (non-hydrogen) atoms. The van der Waals surface area contributed by atoms with Crippen LogP contribution in [0.25, 0.3) is 0 Å². The molecule has 1 fully saturated rings. The first-order chi connectivity index (χ1) is 13.1. The van der Waals surface area contributed by atoms with Crippen LogP contribution in [-0.2, 0) is 15.1 Å². The standard InChI is InChI=1S/C23H29NO3/c1-24-16-8-10-19(18-24)11-9-17-27-22(25)23(26,20-12-4-2-5-13-20)21-14-6-3-7-15-21/h2-7,12-15,19,26H,8-11,16-18H2,1H3. The van der Waals surface area contributed by atoms with E-state index in [0.717, 1.165) is 19.4 Å². The lowest BCUT2D eigenvalue weighted by molar-refractivity contribution is -0.162. The fourth-order valence-corrected chi connectivity index (χ4v) is 3.91. The predicted octanol–water partition coefficient (Wildman–Crippen LogP) is 3.59. The third-order valence-corrected chi connectivity index (χ3v) is 5.39. The van der Waals surface area contributed by atoms with E-state index in [9.17, 15) is 9.90 Å². The van der Waals surface area contributed by atoms with Crippen LogP contribution in [0.4, 0.5) is 0 Å². The zero-order chi connectivity index (χ0) is 19.1. The molecule has 1 aliphatic rings. The van der Waals surface area contributed by atoms with Gasteiger partial charge in [-0.2, -0.15) is 0 Å². The van der Waals surface area contributed by atoms with Crippen LogP contribution in [0.15, 0.2) is 60.7 Å². The number of carbonyl (C=O) groups excluding carboxylic acids is 1. The zero-order valence-corrected chi connectivity index (χ0v) is 16.0. The molecule has 3 rings (SSSR count). The molecule has 1 heterocycles. The van der Waals surface area contributed by atoms with E-state index in [1.165, 1.54) is 19.4 Å². The van der Waals surface area contributed by atoms with E-state index in [1.54, 1.807) is 24.3 Å². The van der Waals surface area contributed by atoms with E-state index >= 15 is 0 Å². The number of likely N-dealkylation sites (tertiary alicyclic amines) is 1. The number of hydrogen-bond acceptors (Lipinski definition) is 4. The average molecular weight is 367 g/mol. The highest BCUT2D eigenvalue weighted by atomic mass is 16.5. The highest BCUT2D eigenvalue weighted by molar-refractivity contribution is 5.85. The van der Waals surface area contributed by atoms with Crippen LogP contribution in [0.1, 0.15) is 36.8 Å². The Morgan fingerprint density at radius 1 is 1.11 bits per heavy atom. The molecule has 0 aliphatic carbocycles. The molecule has 1 aliphatic heterocycles. The highest BCUT2D eigenvalue weighted by Gasteiger charge is 2.41. The smallest absolute Gasteiger partial charge is 0.347 e. The summed E-state index contributed by atoms with van der Waals surface area (Å²) in [6, 6.07) is 18.0. The fourth-order valence-electron chi connectivity index (χ4n) is 3.91. The summed E-state index contributed by atoms with van der Waals surface area (Å²) in [6.45, 7) is 2.62. The van der Waals surface area contributed by atoms with Crippen molar-refractivity contribution in [2.45, 2.75) is 31.3 Å². The minimum atomic E-state index is -1.78. The molecule has 2 aromatic carbocycles. The number of carbonyl (C=O) groups is 1. The van der Waals surface area contributed by atoms with Gasteiger partial charge in [0.1, 0.15) is 0 Å². The first-order valence-corrected chi connectivity index (χ1v) is 9.80. The Kier molecular flexibility index (Phi) is 6.64. The fraction of sp³-hybridized carbons (Fsp3) is 0.435. The van der Waals surface area contributed by atoms with Crippen molar-refractivity contribution in [3.05, 3.63) is 71.8 Å². The molecule has 1 saturated heterocycles. The Bertz CT molecular complexity index is 677. The number of nitrogens with zero attached hydrogens (tertiary/aromatic N) is 1. The van der Waals surface area contributed by atoms with Gasteiger partial charge >= 0.3 is 5.97 Å². The van der Waals surface area contributed by atoms with Crippen molar-refractivity contribution in [1.29, 1.82) is 0 Å². The van der Waals surface area contributed by atoms with Crippen LogP contribution in [0, 0.1) is 5.92 Å². The van der Waals surface area contributed by atoms with Crippen molar-refractivity contribution in [1.82, 2.24) is 4.90 Å². The van der Waals surface area contributed by atoms with E-state index in [0.29, 0.717) is 23.7 Å². The minimum absolute atomic E-state index is 0.334. The molecule has 0 spiro atoms. The molecule has 0 bridgehead atoms. The zero-order valence-electron chi connectivity index (χ0n) is 16.0. The SMILES string of the molecule is CN1CCCC(CCCOC(=O)C(O)(c2ccccc2)c2ccccc2)C1. The summed E-state index contributed by atoms with van der Waals surface area (Å²) in [4.78, 5) is 15.3. The maximum absolute atomic E-state index is 12.9. The third kappa shape index (κ3) is 4.76. The Morgan fingerprint density at radius 2 is 1.70 bits per heavy atom. The molecular formula is C23H29NO3. The largest absolute Gasteiger partial charge is 0.463 e. The van der Waals surface area contributed by atoms with Crippen LogP contribution in [-0.4, -0.2) is 42.7 Å². The molecule has 144 valence electrons. The summed E-state index contributed by atoms with van der Waals surface area (Å²) in [6.07, 6.45) is 4.36. The van der Waals surface area contributed by atoms with Crippen molar-refractivity contribution in [2.24, 2.45) is 5.92 Å². The highest BCUT2D eigenvalue weighted by Crippen LogP contribution is 2.31. The molecule has 0 radical (unpaired) electrons. The molecule has 1 atom stereocenters. The maximum atomic E-state index is 12.9. The van der Waals surface area contributed by atoms with E-state index in [2.05, 4.69) is 11.9 Å². The number of rotatable bonds is 7. The van der Waals surface area contributed by atoms with Crippen LogP contribution >= 0.6 is 0 Å². The quantitative estimate of drug-likeness (QED) is 0.600. The number of piperidine rings is 1. The Labute approximate surface area is 161 Å². The monoisotopic (exact) mass is 367 g/mol. The lowest BCUT2D eigenvalue weighted by Gasteiger charge is -2.30. The molecule has 2 aromatic rings. The summed E-state index contributed by atoms with van der Waals surface area (Å²) >= 11 is 0. The van der Waals surface area contributed by atoms with E-state index in [-0.39, 0.29) is 0 Å². The predicted molar refractivity (Wildman–Crippen MR) is 106 cm³/mol. The Balaban J connectivity index is 1.64. The summed E-state index contributed by atoms with van der Waals surface area (Å²) in [7, 11) is 2.16. The van der Waals surface area contributed by atoms with Crippen LogP contribution in [0.5, 0.6) is 0 Å². The van der Waals surface area contributed by atoms with Gasteiger partial charge in [0.15, 0.2) is 0 Å². The number of aliphatic hydroxyl groups is 1. The molecule has 1 N–H and O–H groups in total. The maximum Gasteiger partial charge on any atom is 0.347 e. The van der Waals surface area contributed by atoms with Gasteiger partial charge in [-0.3, -0.25) is 0 Å². The van der Waals surface area contributed by atoms with Gasteiger partial charge in [0.05, 0.1) is 6.61 Å². The van der Waals surface area contributed by atoms with Gasteiger partial charge in [-0.1, -0.05) is 60.7 Å². The third-order valence-electron chi connectivity index (χ3n) is 5.39. The van der Waals surface area contributed by atoms with Gasteiger partial charge in [-0.15, -0.1) is 0 Å². The van der Waals surface area contributed by atoms with E-state index in [1.807, 2.05) is 36.4 Å². The van der Waals surface area contributed by atoms with Gasteiger partial charge in [-0.05, 0) is 56.3 Å². The van der Waals surface area contributed by atoms with Crippen LogP contribution in [0.2, 0.25) is 0 Å². The molecule has 0 saturated carbocycles. The van der Waals surface area contributed by atoms with Gasteiger partial charge in [0.2, 0.25) is 5.60 Å². The molecular weight excluding hydrogens is 338 g/mol. The molecule has 4 nitrogen and oxygen atoms in total. The van der Waals surface area contributed by atoms with Crippen LogP contribution in [0.3, 0.4) is 0 Å².